The highest BCUT2D eigenvalue weighted by molar-refractivity contribution is 5.82. The number of halogens is 4. The van der Waals surface area contributed by atoms with Gasteiger partial charge in [0.25, 0.3) is 0 Å². The smallest absolute Gasteiger partial charge is 0.305 e. The van der Waals surface area contributed by atoms with Gasteiger partial charge in [0.15, 0.2) is 11.6 Å². The topological polar surface area (TPSA) is 18.5 Å². The van der Waals surface area contributed by atoms with Crippen LogP contribution < -0.4 is 4.74 Å². The van der Waals surface area contributed by atoms with Crippen molar-refractivity contribution in [3.63, 3.8) is 0 Å². The van der Waals surface area contributed by atoms with Gasteiger partial charge in [-0.15, -0.1) is 0 Å². The molecule has 31 heavy (non-hydrogen) atoms. The van der Waals surface area contributed by atoms with E-state index in [9.17, 15) is 0 Å². The molecule has 1 aliphatic heterocycles. The fourth-order valence-electron chi connectivity index (χ4n) is 4.35. The van der Waals surface area contributed by atoms with Gasteiger partial charge in [-0.3, -0.25) is 0 Å². The lowest BCUT2D eigenvalue weighted by atomic mass is 9.95. The van der Waals surface area contributed by atoms with E-state index in [4.69, 9.17) is 9.47 Å². The molecule has 2 nitrogen and oxygen atoms in total. The Morgan fingerprint density at radius 2 is 1.65 bits per heavy atom. The third-order valence-corrected chi connectivity index (χ3v) is 6.00. The van der Waals surface area contributed by atoms with Crippen molar-refractivity contribution in [2.75, 3.05) is 13.2 Å². The molecule has 0 saturated heterocycles. The van der Waals surface area contributed by atoms with Crippen molar-refractivity contribution in [1.29, 1.82) is 0 Å². The molecule has 1 atom stereocenters. The summed E-state index contributed by atoms with van der Waals surface area (Å²) in [6.07, 6.45) is 5.99. The van der Waals surface area contributed by atoms with Crippen molar-refractivity contribution < 1.29 is 27.0 Å². The van der Waals surface area contributed by atoms with E-state index in [1.807, 2.05) is 6.92 Å². The van der Waals surface area contributed by atoms with Crippen LogP contribution in [0, 0.1) is 17.6 Å². The zero-order valence-corrected chi connectivity index (χ0v) is 17.7. The van der Waals surface area contributed by atoms with Gasteiger partial charge in [-0.25, -0.2) is 8.78 Å². The number of benzene rings is 2. The van der Waals surface area contributed by atoms with Gasteiger partial charge < -0.3 is 9.47 Å². The normalized spacial score (nSPS) is 18.8. The van der Waals surface area contributed by atoms with Crippen molar-refractivity contribution in [2.24, 2.45) is 5.92 Å². The van der Waals surface area contributed by atoms with Crippen molar-refractivity contribution >= 4 is 5.76 Å². The summed E-state index contributed by atoms with van der Waals surface area (Å²) in [5.41, 5.74) is -1.65. The maximum atomic E-state index is 15.4. The number of unbranched alkanes of at least 4 members (excludes halogenated alkanes) is 1. The minimum Gasteiger partial charge on any atom is -0.493 e. The summed E-state index contributed by atoms with van der Waals surface area (Å²) in [7, 11) is 0. The molecule has 2 aliphatic rings. The lowest BCUT2D eigenvalue weighted by molar-refractivity contribution is 0.0397. The van der Waals surface area contributed by atoms with E-state index in [0.717, 1.165) is 19.3 Å². The Kier molecular flexibility index (Phi) is 6.00. The summed E-state index contributed by atoms with van der Waals surface area (Å²) in [6, 6.07) is 5.58. The monoisotopic (exact) mass is 434 g/mol. The minimum atomic E-state index is -3.81. The fraction of sp³-hybridized carbons (Fsp3) is 0.440. The van der Waals surface area contributed by atoms with Gasteiger partial charge in [-0.1, -0.05) is 32.8 Å². The van der Waals surface area contributed by atoms with E-state index in [2.05, 4.69) is 6.92 Å². The van der Waals surface area contributed by atoms with Gasteiger partial charge in [0.2, 0.25) is 0 Å². The van der Waals surface area contributed by atoms with Gasteiger partial charge in [-0.05, 0) is 60.6 Å². The minimum absolute atomic E-state index is 0.000488. The predicted octanol–water partition coefficient (Wildman–Crippen LogP) is 7.44. The SMILES string of the molecule is CCCCOc1ccc2c(c1F)C(F)(F)c1c-2ccc(C2=CCC(CCC)CO2)c1F. The van der Waals surface area contributed by atoms with Crippen molar-refractivity contribution in [2.45, 2.75) is 51.9 Å². The summed E-state index contributed by atoms with van der Waals surface area (Å²) in [5, 5.41) is 0. The van der Waals surface area contributed by atoms with Gasteiger partial charge in [0.1, 0.15) is 11.6 Å². The van der Waals surface area contributed by atoms with Gasteiger partial charge in [0.05, 0.1) is 29.9 Å². The molecule has 4 rings (SSSR count). The van der Waals surface area contributed by atoms with E-state index in [0.29, 0.717) is 25.4 Å². The number of hydrogen-bond donors (Lipinski definition) is 0. The van der Waals surface area contributed by atoms with Crippen LogP contribution >= 0.6 is 0 Å². The second-order valence-corrected chi connectivity index (χ2v) is 8.20. The number of ether oxygens (including phenoxy) is 2. The molecular formula is C25H26F4O2. The van der Waals surface area contributed by atoms with Gasteiger partial charge >= 0.3 is 5.92 Å². The first-order chi connectivity index (χ1) is 14.9. The van der Waals surface area contributed by atoms with Crippen LogP contribution in [0.15, 0.2) is 30.3 Å². The van der Waals surface area contributed by atoms with Crippen LogP contribution in [0.1, 0.15) is 62.6 Å². The Bertz CT molecular complexity index is 1010. The number of hydrogen-bond acceptors (Lipinski definition) is 2. The van der Waals surface area contributed by atoms with Crippen LogP contribution in [0.4, 0.5) is 17.6 Å². The molecule has 1 aliphatic carbocycles. The molecule has 2 aromatic carbocycles. The van der Waals surface area contributed by atoms with Gasteiger partial charge in [-0.2, -0.15) is 8.78 Å². The molecule has 0 bridgehead atoms. The molecule has 0 aromatic heterocycles. The van der Waals surface area contributed by atoms with Crippen LogP contribution in [0.3, 0.4) is 0 Å². The Hall–Kier alpha value is -2.50. The van der Waals surface area contributed by atoms with E-state index in [1.54, 1.807) is 6.08 Å². The molecule has 0 N–H and O–H groups in total. The summed E-state index contributed by atoms with van der Waals surface area (Å²) >= 11 is 0. The zero-order chi connectivity index (χ0) is 22.2. The Labute approximate surface area is 179 Å². The second-order valence-electron chi connectivity index (χ2n) is 8.20. The zero-order valence-electron chi connectivity index (χ0n) is 17.7. The largest absolute Gasteiger partial charge is 0.493 e. The van der Waals surface area contributed by atoms with Crippen LogP contribution in [0.2, 0.25) is 0 Å². The van der Waals surface area contributed by atoms with E-state index in [-0.39, 0.29) is 34.8 Å². The molecule has 166 valence electrons. The van der Waals surface area contributed by atoms with Crippen LogP contribution in [0.25, 0.3) is 16.9 Å². The lowest BCUT2D eigenvalue weighted by Gasteiger charge is -2.24. The average Bonchev–Trinajstić information content (AvgIpc) is 2.99. The first-order valence-corrected chi connectivity index (χ1v) is 10.9. The summed E-state index contributed by atoms with van der Waals surface area (Å²) in [5.74, 6) is -5.63. The predicted molar refractivity (Wildman–Crippen MR) is 112 cm³/mol. The highest BCUT2D eigenvalue weighted by Crippen LogP contribution is 2.55. The Morgan fingerprint density at radius 3 is 2.29 bits per heavy atom. The number of rotatable bonds is 7. The second kappa shape index (κ2) is 8.56. The first kappa shape index (κ1) is 21.7. The maximum Gasteiger partial charge on any atom is 0.305 e. The standard InChI is InChI=1S/C25H26F4O2/c1-3-5-13-30-20-12-10-17-16-8-9-18(19-11-7-15(6-4-2)14-31-19)23(26)21(16)25(28,29)22(17)24(20)27/h8-12,15H,3-7,13-14H2,1-2H3. The molecule has 0 spiro atoms. The molecule has 1 unspecified atom stereocenters. The molecule has 0 saturated carbocycles. The maximum absolute atomic E-state index is 15.4. The number of fused-ring (bicyclic) bond motifs is 3. The third kappa shape index (κ3) is 3.70. The fourth-order valence-corrected chi connectivity index (χ4v) is 4.35. The first-order valence-electron chi connectivity index (χ1n) is 10.9. The highest BCUT2D eigenvalue weighted by atomic mass is 19.3. The summed E-state index contributed by atoms with van der Waals surface area (Å²) in [6.45, 7) is 4.69. The molecule has 6 heteroatoms. The average molecular weight is 434 g/mol. The van der Waals surface area contributed by atoms with Crippen molar-refractivity contribution in [1.82, 2.24) is 0 Å². The molecule has 1 heterocycles. The third-order valence-electron chi connectivity index (χ3n) is 6.00. The van der Waals surface area contributed by atoms with E-state index >= 15 is 17.6 Å². The summed E-state index contributed by atoms with van der Waals surface area (Å²) in [4.78, 5) is 0. The number of alkyl halides is 2. The molecule has 0 radical (unpaired) electrons. The summed E-state index contributed by atoms with van der Waals surface area (Å²) < 4.78 is 72.1. The lowest BCUT2D eigenvalue weighted by Crippen LogP contribution is -2.18. The quantitative estimate of drug-likeness (QED) is 0.333. The van der Waals surface area contributed by atoms with Crippen molar-refractivity contribution in [3.8, 4) is 16.9 Å². The van der Waals surface area contributed by atoms with Gasteiger partial charge in [0, 0.05) is 0 Å². The van der Waals surface area contributed by atoms with Crippen LogP contribution in [-0.4, -0.2) is 13.2 Å². The Morgan fingerprint density at radius 1 is 0.968 bits per heavy atom. The highest BCUT2D eigenvalue weighted by Gasteiger charge is 2.50. The van der Waals surface area contributed by atoms with Crippen LogP contribution in [0.5, 0.6) is 5.75 Å². The van der Waals surface area contributed by atoms with Crippen molar-refractivity contribution in [3.05, 3.63) is 58.7 Å². The van der Waals surface area contributed by atoms with E-state index in [1.165, 1.54) is 24.3 Å². The molecule has 0 amide bonds. The number of allylic oxidation sites excluding steroid dienone is 1. The van der Waals surface area contributed by atoms with Crippen LogP contribution in [-0.2, 0) is 10.7 Å². The molecular weight excluding hydrogens is 408 g/mol. The van der Waals surface area contributed by atoms with E-state index < -0.39 is 28.7 Å². The Balaban J connectivity index is 1.72. The molecule has 0 fully saturated rings. The molecule has 2 aromatic rings.